The molecule has 1 heterocycles. The average molecular weight is 272 g/mol. The third-order valence-corrected chi connectivity index (χ3v) is 1.92. The zero-order valence-electron chi connectivity index (χ0n) is 9.31. The molecule has 102 valence electrons. The van der Waals surface area contributed by atoms with E-state index >= 15 is 0 Å². The van der Waals surface area contributed by atoms with Gasteiger partial charge in [-0.2, -0.15) is 0 Å². The highest BCUT2D eigenvalue weighted by Gasteiger charge is 2.25. The smallest absolute Gasteiger partial charge is 0.433 e. The molecule has 0 aliphatic heterocycles. The minimum absolute atomic E-state index is 0.479. The molecule has 10 heteroatoms. The third-order valence-electron chi connectivity index (χ3n) is 1.92. The summed E-state index contributed by atoms with van der Waals surface area (Å²) < 4.78 is 4.57. The van der Waals surface area contributed by atoms with Crippen LogP contribution in [0.15, 0.2) is 16.5 Å². The molecule has 0 atom stereocenters. The molecule has 19 heavy (non-hydrogen) atoms. The quantitative estimate of drug-likeness (QED) is 0.533. The third kappa shape index (κ3) is 3.80. The maximum Gasteiger partial charge on any atom is 0.433 e. The Morgan fingerprint density at radius 3 is 2.11 bits per heavy atom. The molecule has 1 aromatic heterocycles. The second-order valence-electron chi connectivity index (χ2n) is 3.34. The number of amides is 1. The van der Waals surface area contributed by atoms with Gasteiger partial charge >= 0.3 is 17.8 Å². The summed E-state index contributed by atoms with van der Waals surface area (Å²) in [4.78, 5) is 42.7. The fourth-order valence-electron chi connectivity index (χ4n) is 1.22. The lowest BCUT2D eigenvalue weighted by Crippen LogP contribution is -2.39. The fraction of sp³-hybridized carbons (Fsp3) is 0.222. The Morgan fingerprint density at radius 1 is 1.21 bits per heavy atom. The maximum atomic E-state index is 11.7. The van der Waals surface area contributed by atoms with E-state index in [9.17, 15) is 24.5 Å². The maximum absolute atomic E-state index is 11.7. The van der Waals surface area contributed by atoms with Crippen LogP contribution in [0.4, 0.5) is 5.88 Å². The van der Waals surface area contributed by atoms with Crippen LogP contribution in [-0.4, -0.2) is 51.0 Å². The highest BCUT2D eigenvalue weighted by molar-refractivity contribution is 5.95. The van der Waals surface area contributed by atoms with Crippen LogP contribution in [0.3, 0.4) is 0 Å². The first-order valence-electron chi connectivity index (χ1n) is 4.78. The van der Waals surface area contributed by atoms with Crippen LogP contribution < -0.4 is 0 Å². The number of carboxylic acid groups (broad SMARTS) is 2. The van der Waals surface area contributed by atoms with Crippen molar-refractivity contribution in [1.29, 1.82) is 0 Å². The number of rotatable bonds is 6. The number of nitrogens with zero attached hydrogens (tertiary/aromatic N) is 2. The van der Waals surface area contributed by atoms with Crippen LogP contribution in [-0.2, 0) is 9.59 Å². The Morgan fingerprint density at radius 2 is 1.74 bits per heavy atom. The largest absolute Gasteiger partial charge is 0.480 e. The average Bonchev–Trinajstić information content (AvgIpc) is 2.75. The molecule has 0 spiro atoms. The lowest BCUT2D eigenvalue weighted by atomic mass is 10.3. The molecule has 0 radical (unpaired) electrons. The fourth-order valence-corrected chi connectivity index (χ4v) is 1.22. The molecular formula is C9H8N2O8. The van der Waals surface area contributed by atoms with E-state index in [1.165, 1.54) is 0 Å². The first kappa shape index (κ1) is 14.2. The molecule has 0 aliphatic rings. The summed E-state index contributed by atoms with van der Waals surface area (Å²) >= 11 is 0. The van der Waals surface area contributed by atoms with E-state index in [2.05, 4.69) is 4.42 Å². The Labute approximate surface area is 105 Å². The van der Waals surface area contributed by atoms with Crippen molar-refractivity contribution < 1.29 is 33.9 Å². The predicted molar refractivity (Wildman–Crippen MR) is 56.5 cm³/mol. The minimum Gasteiger partial charge on any atom is -0.480 e. The molecule has 2 N–H and O–H groups in total. The summed E-state index contributed by atoms with van der Waals surface area (Å²) in [6.45, 7) is -1.72. The molecule has 0 fully saturated rings. The zero-order valence-corrected chi connectivity index (χ0v) is 9.31. The van der Waals surface area contributed by atoms with Crippen molar-refractivity contribution in [2.75, 3.05) is 13.1 Å². The van der Waals surface area contributed by atoms with Crippen LogP contribution in [0.1, 0.15) is 10.6 Å². The van der Waals surface area contributed by atoms with Gasteiger partial charge in [-0.1, -0.05) is 0 Å². The SMILES string of the molecule is O=C(O)CN(CC(=O)O)C(=O)c1ccc([N+](=O)[O-])o1. The summed E-state index contributed by atoms with van der Waals surface area (Å²) in [5, 5.41) is 27.5. The number of furan rings is 1. The van der Waals surface area contributed by atoms with Crippen molar-refractivity contribution in [3.05, 3.63) is 28.0 Å². The van der Waals surface area contributed by atoms with E-state index in [0.717, 1.165) is 12.1 Å². The van der Waals surface area contributed by atoms with E-state index in [-0.39, 0.29) is 0 Å². The number of aliphatic carboxylic acids is 2. The first-order valence-corrected chi connectivity index (χ1v) is 4.78. The van der Waals surface area contributed by atoms with Crippen molar-refractivity contribution in [2.45, 2.75) is 0 Å². The summed E-state index contributed by atoms with van der Waals surface area (Å²) in [7, 11) is 0. The molecule has 1 rings (SSSR count). The van der Waals surface area contributed by atoms with Crippen LogP contribution in [0.2, 0.25) is 0 Å². The van der Waals surface area contributed by atoms with Gasteiger partial charge in [-0.05, 0) is 6.07 Å². The van der Waals surface area contributed by atoms with E-state index in [1.54, 1.807) is 0 Å². The first-order chi connectivity index (χ1) is 8.81. The second kappa shape index (κ2) is 5.62. The summed E-state index contributed by atoms with van der Waals surface area (Å²) in [6, 6.07) is 1.88. The van der Waals surface area contributed by atoms with Gasteiger partial charge in [0, 0.05) is 0 Å². The molecule has 0 bridgehead atoms. The van der Waals surface area contributed by atoms with Gasteiger partial charge in [-0.3, -0.25) is 24.5 Å². The Balaban J connectivity index is 2.93. The Kier molecular flexibility index (Phi) is 4.19. The van der Waals surface area contributed by atoms with Crippen LogP contribution >= 0.6 is 0 Å². The number of carbonyl (C=O) groups excluding carboxylic acids is 1. The van der Waals surface area contributed by atoms with Gasteiger partial charge in [0.1, 0.15) is 18.0 Å². The number of hydrogen-bond donors (Lipinski definition) is 2. The van der Waals surface area contributed by atoms with Gasteiger partial charge in [-0.15, -0.1) is 0 Å². The van der Waals surface area contributed by atoms with Gasteiger partial charge < -0.3 is 19.5 Å². The van der Waals surface area contributed by atoms with Gasteiger partial charge in [0.25, 0.3) is 5.91 Å². The molecule has 1 aromatic rings. The zero-order chi connectivity index (χ0) is 14.6. The van der Waals surface area contributed by atoms with Gasteiger partial charge in [0.2, 0.25) is 0 Å². The van der Waals surface area contributed by atoms with Crippen molar-refractivity contribution in [1.82, 2.24) is 4.90 Å². The van der Waals surface area contributed by atoms with Crippen molar-refractivity contribution in [2.24, 2.45) is 0 Å². The molecule has 0 saturated carbocycles. The normalized spacial score (nSPS) is 9.89. The monoisotopic (exact) mass is 272 g/mol. The van der Waals surface area contributed by atoms with E-state index in [0.29, 0.717) is 4.90 Å². The highest BCUT2D eigenvalue weighted by atomic mass is 16.6. The van der Waals surface area contributed by atoms with Crippen molar-refractivity contribution in [3.8, 4) is 0 Å². The summed E-state index contributed by atoms with van der Waals surface area (Å²) in [6.07, 6.45) is 0. The Hall–Kier alpha value is -2.91. The number of hydrogen-bond acceptors (Lipinski definition) is 6. The molecule has 0 saturated heterocycles. The minimum atomic E-state index is -1.42. The topological polar surface area (TPSA) is 151 Å². The van der Waals surface area contributed by atoms with Gasteiger partial charge in [-0.25, -0.2) is 0 Å². The summed E-state index contributed by atoms with van der Waals surface area (Å²) in [5.41, 5.74) is 0. The molecular weight excluding hydrogens is 264 g/mol. The Bertz CT molecular complexity index is 518. The number of carbonyl (C=O) groups is 3. The predicted octanol–water partition coefficient (Wildman–Crippen LogP) is -0.201. The lowest BCUT2D eigenvalue weighted by molar-refractivity contribution is -0.402. The highest BCUT2D eigenvalue weighted by Crippen LogP contribution is 2.17. The molecule has 0 aliphatic carbocycles. The molecule has 0 aromatic carbocycles. The van der Waals surface area contributed by atoms with Gasteiger partial charge in [0.15, 0.2) is 5.76 Å². The second-order valence-corrected chi connectivity index (χ2v) is 3.34. The molecule has 1 amide bonds. The van der Waals surface area contributed by atoms with Crippen LogP contribution in [0.5, 0.6) is 0 Å². The van der Waals surface area contributed by atoms with Crippen LogP contribution in [0.25, 0.3) is 0 Å². The van der Waals surface area contributed by atoms with Crippen LogP contribution in [0, 0.1) is 10.1 Å². The molecule has 0 unspecified atom stereocenters. The van der Waals surface area contributed by atoms with Crippen molar-refractivity contribution in [3.63, 3.8) is 0 Å². The summed E-state index contributed by atoms with van der Waals surface area (Å²) in [5.74, 6) is -5.10. The van der Waals surface area contributed by atoms with E-state index < -0.39 is 47.5 Å². The lowest BCUT2D eigenvalue weighted by Gasteiger charge is -2.16. The number of carboxylic acids is 2. The van der Waals surface area contributed by atoms with E-state index in [4.69, 9.17) is 10.2 Å². The van der Waals surface area contributed by atoms with E-state index in [1.807, 2.05) is 0 Å². The van der Waals surface area contributed by atoms with Crippen molar-refractivity contribution >= 4 is 23.7 Å². The molecule has 10 nitrogen and oxygen atoms in total. The standard InChI is InChI=1S/C9H8N2O8/c12-7(13)3-10(4-8(14)15)9(16)5-1-2-6(19-5)11(17)18/h1-2H,3-4H2,(H,12,13)(H,14,15). The van der Waals surface area contributed by atoms with Gasteiger partial charge in [0.05, 0.1) is 6.07 Å². The number of nitro groups is 1.